The number of hydrogen-bond donors (Lipinski definition) is 0. The Morgan fingerprint density at radius 2 is 1.92 bits per heavy atom. The molecule has 0 bridgehead atoms. The third-order valence-corrected chi connectivity index (χ3v) is 4.89. The Bertz CT molecular complexity index is 665. The molecule has 7 nitrogen and oxygen atoms in total. The van der Waals surface area contributed by atoms with E-state index in [1.165, 1.54) is 6.07 Å². The van der Waals surface area contributed by atoms with Gasteiger partial charge in [0.2, 0.25) is 0 Å². The van der Waals surface area contributed by atoms with Crippen LogP contribution in [0.5, 0.6) is 0 Å². The predicted octanol–water partition coefficient (Wildman–Crippen LogP) is 3.10. The average molecular weight is 348 g/mol. The van der Waals surface area contributed by atoms with Gasteiger partial charge in [0, 0.05) is 18.7 Å². The molecule has 0 aliphatic heterocycles. The van der Waals surface area contributed by atoms with Crippen molar-refractivity contribution in [1.29, 1.82) is 0 Å². The highest BCUT2D eigenvalue weighted by Gasteiger charge is 2.27. The van der Waals surface area contributed by atoms with E-state index in [-0.39, 0.29) is 23.2 Å². The Labute approximate surface area is 147 Å². The van der Waals surface area contributed by atoms with Gasteiger partial charge in [-0.2, -0.15) is 0 Å². The van der Waals surface area contributed by atoms with E-state index in [0.29, 0.717) is 11.5 Å². The lowest BCUT2D eigenvalue weighted by Gasteiger charge is -2.33. The van der Waals surface area contributed by atoms with Gasteiger partial charge in [0.05, 0.1) is 4.92 Å². The fraction of sp³-hybridized carbons (Fsp3) is 0.556. The lowest BCUT2D eigenvalue weighted by atomic mass is 9.87. The molecule has 0 N–H and O–H groups in total. The summed E-state index contributed by atoms with van der Waals surface area (Å²) >= 11 is 0. The zero-order chi connectivity index (χ0) is 18.6. The number of amides is 1. The Balaban J connectivity index is 1.97. The van der Waals surface area contributed by atoms with E-state index in [1.54, 1.807) is 31.0 Å². The molecule has 1 saturated carbocycles. The quantitative estimate of drug-likeness (QED) is 0.463. The van der Waals surface area contributed by atoms with Crippen LogP contribution in [-0.2, 0) is 9.53 Å². The largest absolute Gasteiger partial charge is 0.452 e. The number of nitro groups is 1. The molecular weight excluding hydrogens is 324 g/mol. The predicted molar refractivity (Wildman–Crippen MR) is 92.3 cm³/mol. The number of benzene rings is 1. The molecule has 0 radical (unpaired) electrons. The number of esters is 1. The summed E-state index contributed by atoms with van der Waals surface area (Å²) in [5.41, 5.74) is -0.0410. The molecule has 0 saturated heterocycles. The molecule has 136 valence electrons. The van der Waals surface area contributed by atoms with Crippen LogP contribution in [0.3, 0.4) is 0 Å². The topological polar surface area (TPSA) is 89.8 Å². The van der Waals surface area contributed by atoms with E-state index >= 15 is 0 Å². The first kappa shape index (κ1) is 18.9. The van der Waals surface area contributed by atoms with Gasteiger partial charge in [-0.3, -0.25) is 14.9 Å². The smallest absolute Gasteiger partial charge is 0.345 e. The van der Waals surface area contributed by atoms with Gasteiger partial charge >= 0.3 is 5.97 Å². The molecule has 1 aliphatic carbocycles. The van der Waals surface area contributed by atoms with Gasteiger partial charge in [-0.15, -0.1) is 0 Å². The van der Waals surface area contributed by atoms with Crippen LogP contribution in [0.1, 0.15) is 48.5 Å². The number of hydrogen-bond acceptors (Lipinski definition) is 5. The maximum atomic E-state index is 12.3. The SMILES string of the molecule is Cc1cccc(C(=O)OCC(=O)N(C)C2CCC(C)CC2)c1[N+](=O)[O-]. The number of likely N-dealkylation sites (N-methyl/N-ethyl adjacent to an activating group) is 1. The van der Waals surface area contributed by atoms with Gasteiger partial charge in [0.1, 0.15) is 5.56 Å². The van der Waals surface area contributed by atoms with E-state index in [4.69, 9.17) is 4.74 Å². The minimum absolute atomic E-state index is 0.132. The summed E-state index contributed by atoms with van der Waals surface area (Å²) in [5.74, 6) is -0.461. The summed E-state index contributed by atoms with van der Waals surface area (Å²) in [4.78, 5) is 36.6. The molecule has 0 spiro atoms. The number of carbonyl (C=O) groups excluding carboxylic acids is 2. The van der Waals surface area contributed by atoms with E-state index in [1.807, 2.05) is 0 Å². The molecule has 25 heavy (non-hydrogen) atoms. The number of rotatable bonds is 5. The van der Waals surface area contributed by atoms with Crippen molar-refractivity contribution < 1.29 is 19.2 Å². The van der Waals surface area contributed by atoms with E-state index < -0.39 is 17.5 Å². The van der Waals surface area contributed by atoms with Crippen LogP contribution >= 0.6 is 0 Å². The standard InChI is InChI=1S/C18H24N2O5/c1-12-7-9-14(10-8-12)19(3)16(21)11-25-18(22)15-6-4-5-13(2)17(15)20(23)24/h4-6,12,14H,7-11H2,1-3H3. The number of para-hydroxylation sites is 1. The van der Waals surface area contributed by atoms with Crippen molar-refractivity contribution in [2.75, 3.05) is 13.7 Å². The van der Waals surface area contributed by atoms with Crippen molar-refractivity contribution in [2.45, 2.75) is 45.6 Å². The van der Waals surface area contributed by atoms with Gasteiger partial charge in [0.25, 0.3) is 11.6 Å². The Hall–Kier alpha value is -2.44. The molecule has 0 aromatic heterocycles. The van der Waals surface area contributed by atoms with Crippen molar-refractivity contribution in [2.24, 2.45) is 5.92 Å². The van der Waals surface area contributed by atoms with Crippen molar-refractivity contribution in [3.05, 3.63) is 39.4 Å². The molecule has 1 amide bonds. The first-order valence-electron chi connectivity index (χ1n) is 8.48. The van der Waals surface area contributed by atoms with Crippen LogP contribution in [0, 0.1) is 23.0 Å². The second-order valence-electron chi connectivity index (χ2n) is 6.72. The minimum atomic E-state index is -0.852. The van der Waals surface area contributed by atoms with Gasteiger partial charge in [-0.05, 0) is 44.6 Å². The second kappa shape index (κ2) is 8.09. The minimum Gasteiger partial charge on any atom is -0.452 e. The summed E-state index contributed by atoms with van der Waals surface area (Å²) < 4.78 is 5.03. The molecule has 1 aromatic rings. The third-order valence-electron chi connectivity index (χ3n) is 4.89. The number of aryl methyl sites for hydroxylation is 1. The monoisotopic (exact) mass is 348 g/mol. The van der Waals surface area contributed by atoms with Gasteiger partial charge in [0.15, 0.2) is 6.61 Å². The summed E-state index contributed by atoms with van der Waals surface area (Å²) in [6.07, 6.45) is 4.05. The Morgan fingerprint density at radius 3 is 2.52 bits per heavy atom. The van der Waals surface area contributed by atoms with Gasteiger partial charge in [-0.1, -0.05) is 19.1 Å². The molecule has 1 fully saturated rings. The summed E-state index contributed by atoms with van der Waals surface area (Å²) in [6.45, 7) is 3.35. The maximum absolute atomic E-state index is 12.3. The summed E-state index contributed by atoms with van der Waals surface area (Å²) in [5, 5.41) is 11.1. The molecule has 1 aromatic carbocycles. The molecular formula is C18H24N2O5. The van der Waals surface area contributed by atoms with Crippen molar-refractivity contribution in [3.63, 3.8) is 0 Å². The molecule has 0 heterocycles. The zero-order valence-corrected chi connectivity index (χ0v) is 14.9. The number of ether oxygens (including phenoxy) is 1. The van der Waals surface area contributed by atoms with Crippen LogP contribution in [0.15, 0.2) is 18.2 Å². The van der Waals surface area contributed by atoms with Crippen LogP contribution in [0.4, 0.5) is 5.69 Å². The molecule has 2 rings (SSSR count). The van der Waals surface area contributed by atoms with Crippen molar-refractivity contribution >= 4 is 17.6 Å². The third kappa shape index (κ3) is 4.55. The summed E-state index contributed by atoms with van der Waals surface area (Å²) in [6, 6.07) is 4.61. The van der Waals surface area contributed by atoms with Gasteiger partial charge in [-0.25, -0.2) is 4.79 Å². The van der Waals surface area contributed by atoms with Gasteiger partial charge < -0.3 is 9.64 Å². The number of carbonyl (C=O) groups is 2. The highest BCUT2D eigenvalue weighted by Crippen LogP contribution is 2.27. The van der Waals surface area contributed by atoms with Crippen LogP contribution < -0.4 is 0 Å². The summed E-state index contributed by atoms with van der Waals surface area (Å²) in [7, 11) is 1.71. The molecule has 7 heteroatoms. The average Bonchev–Trinajstić information content (AvgIpc) is 2.58. The first-order chi connectivity index (χ1) is 11.8. The lowest BCUT2D eigenvalue weighted by Crippen LogP contribution is -2.41. The van der Waals surface area contributed by atoms with E-state index in [9.17, 15) is 19.7 Å². The first-order valence-corrected chi connectivity index (χ1v) is 8.48. The van der Waals surface area contributed by atoms with Crippen molar-refractivity contribution in [3.8, 4) is 0 Å². The van der Waals surface area contributed by atoms with E-state index in [2.05, 4.69) is 6.92 Å². The fourth-order valence-electron chi connectivity index (χ4n) is 3.21. The molecule has 0 atom stereocenters. The second-order valence-corrected chi connectivity index (χ2v) is 6.72. The Morgan fingerprint density at radius 1 is 1.28 bits per heavy atom. The van der Waals surface area contributed by atoms with E-state index in [0.717, 1.165) is 25.7 Å². The highest BCUT2D eigenvalue weighted by molar-refractivity contribution is 5.95. The fourth-order valence-corrected chi connectivity index (χ4v) is 3.21. The zero-order valence-electron chi connectivity index (χ0n) is 14.9. The molecule has 1 aliphatic rings. The Kier molecular flexibility index (Phi) is 6.12. The maximum Gasteiger partial charge on any atom is 0.345 e. The van der Waals surface area contributed by atoms with Crippen LogP contribution in [0.2, 0.25) is 0 Å². The normalized spacial score (nSPS) is 20.0. The number of nitro benzene ring substituents is 1. The highest BCUT2D eigenvalue weighted by atomic mass is 16.6. The van der Waals surface area contributed by atoms with Crippen molar-refractivity contribution in [1.82, 2.24) is 4.90 Å². The van der Waals surface area contributed by atoms with Crippen LogP contribution in [0.25, 0.3) is 0 Å². The van der Waals surface area contributed by atoms with Crippen LogP contribution in [-0.4, -0.2) is 41.4 Å². The number of nitrogens with zero attached hydrogens (tertiary/aromatic N) is 2. The molecule has 0 unspecified atom stereocenters. The lowest BCUT2D eigenvalue weighted by molar-refractivity contribution is -0.385.